The molecule has 0 aromatic heterocycles. The lowest BCUT2D eigenvalue weighted by Crippen LogP contribution is -2.49. The van der Waals surface area contributed by atoms with Gasteiger partial charge in [-0.15, -0.1) is 0 Å². The monoisotopic (exact) mass is 462 g/mol. The van der Waals surface area contributed by atoms with Crippen molar-refractivity contribution in [3.63, 3.8) is 0 Å². The Kier molecular flexibility index (Phi) is 7.63. The molecular weight excluding hydrogens is 432 g/mol. The summed E-state index contributed by atoms with van der Waals surface area (Å²) in [6.07, 6.45) is 3.30. The molecule has 174 valence electrons. The Labute approximate surface area is 189 Å². The van der Waals surface area contributed by atoms with Crippen molar-refractivity contribution in [2.24, 2.45) is 0 Å². The molecule has 1 aliphatic carbocycles. The second kappa shape index (κ2) is 10.2. The molecule has 2 N–H and O–H groups in total. The van der Waals surface area contributed by atoms with Gasteiger partial charge in [0, 0.05) is 32.0 Å². The number of benzene rings is 2. The number of anilines is 1. The minimum atomic E-state index is -3.82. The van der Waals surface area contributed by atoms with E-state index in [4.69, 9.17) is 14.2 Å². The van der Waals surface area contributed by atoms with E-state index in [2.05, 4.69) is 10.0 Å². The number of hydrogen-bond donors (Lipinski definition) is 2. The average molecular weight is 463 g/mol. The molecule has 2 aromatic carbocycles. The molecule has 0 unspecified atom stereocenters. The number of amides is 1. The first kappa shape index (κ1) is 23.9. The molecule has 0 atom stereocenters. The third kappa shape index (κ3) is 4.99. The van der Waals surface area contributed by atoms with Crippen molar-refractivity contribution < 1.29 is 27.4 Å². The Morgan fingerprint density at radius 3 is 2.25 bits per heavy atom. The van der Waals surface area contributed by atoms with Crippen LogP contribution in [-0.2, 0) is 25.0 Å². The van der Waals surface area contributed by atoms with Gasteiger partial charge in [-0.25, -0.2) is 8.42 Å². The molecule has 0 radical (unpaired) electrons. The van der Waals surface area contributed by atoms with E-state index in [-0.39, 0.29) is 10.8 Å². The predicted octanol–water partition coefficient (Wildman–Crippen LogP) is 3.08. The van der Waals surface area contributed by atoms with Crippen LogP contribution in [0.4, 0.5) is 5.69 Å². The van der Waals surface area contributed by atoms with Gasteiger partial charge in [0.05, 0.1) is 24.5 Å². The van der Waals surface area contributed by atoms with Crippen molar-refractivity contribution in [1.82, 2.24) is 5.32 Å². The van der Waals surface area contributed by atoms with Gasteiger partial charge in [-0.1, -0.05) is 18.6 Å². The van der Waals surface area contributed by atoms with Gasteiger partial charge in [0.1, 0.15) is 0 Å². The zero-order chi connectivity index (χ0) is 23.2. The summed E-state index contributed by atoms with van der Waals surface area (Å²) in [6.45, 7) is 1.17. The number of methoxy groups -OCH3 is 3. The van der Waals surface area contributed by atoms with E-state index < -0.39 is 15.4 Å². The highest BCUT2D eigenvalue weighted by atomic mass is 32.2. The molecule has 9 heteroatoms. The van der Waals surface area contributed by atoms with Gasteiger partial charge in [-0.05, 0) is 49.1 Å². The van der Waals surface area contributed by atoms with Crippen LogP contribution >= 0.6 is 0 Å². The molecule has 0 spiro atoms. The first-order valence-corrected chi connectivity index (χ1v) is 12.0. The second-order valence-electron chi connectivity index (χ2n) is 7.74. The fourth-order valence-electron chi connectivity index (χ4n) is 3.82. The molecule has 1 amide bonds. The van der Waals surface area contributed by atoms with Crippen molar-refractivity contribution in [2.75, 3.05) is 39.2 Å². The number of ether oxygens (including phenoxy) is 3. The fourth-order valence-corrected chi connectivity index (χ4v) is 4.89. The molecule has 3 rings (SSSR count). The Hall–Kier alpha value is -2.78. The van der Waals surface area contributed by atoms with Crippen LogP contribution in [0.15, 0.2) is 47.4 Å². The molecule has 2 aromatic rings. The van der Waals surface area contributed by atoms with Crippen LogP contribution in [0.5, 0.6) is 11.5 Å². The van der Waals surface area contributed by atoms with Gasteiger partial charge in [0.2, 0.25) is 5.91 Å². The highest BCUT2D eigenvalue weighted by molar-refractivity contribution is 7.92. The Morgan fingerprint density at radius 1 is 1.00 bits per heavy atom. The summed E-state index contributed by atoms with van der Waals surface area (Å²) in [4.78, 5) is 12.9. The SMILES string of the molecule is COCCCNC(=O)C1(c2ccc(NS(=O)(=O)c3ccc(OC)c(OC)c3)cc2)CCC1. The van der Waals surface area contributed by atoms with E-state index >= 15 is 0 Å². The lowest BCUT2D eigenvalue weighted by molar-refractivity contribution is -0.129. The van der Waals surface area contributed by atoms with Gasteiger partial charge >= 0.3 is 0 Å². The molecule has 1 aliphatic rings. The molecule has 32 heavy (non-hydrogen) atoms. The standard InChI is InChI=1S/C23H30N2O6S/c1-29-15-5-14-24-22(26)23(12-4-13-23)17-6-8-18(9-7-17)25-32(27,28)19-10-11-20(30-2)21(16-19)31-3/h6-11,16,25H,4-5,12-15H2,1-3H3,(H,24,26). The fraction of sp³-hybridized carbons (Fsp3) is 0.435. The highest BCUT2D eigenvalue weighted by Gasteiger charge is 2.45. The summed E-state index contributed by atoms with van der Waals surface area (Å²) >= 11 is 0. The van der Waals surface area contributed by atoms with Crippen molar-refractivity contribution in [2.45, 2.75) is 36.0 Å². The lowest BCUT2D eigenvalue weighted by Gasteiger charge is -2.40. The van der Waals surface area contributed by atoms with Crippen molar-refractivity contribution >= 4 is 21.6 Å². The van der Waals surface area contributed by atoms with Crippen molar-refractivity contribution in [1.29, 1.82) is 0 Å². The summed E-state index contributed by atoms with van der Waals surface area (Å²) in [5, 5.41) is 3.00. The molecule has 0 saturated heterocycles. The topological polar surface area (TPSA) is 103 Å². The predicted molar refractivity (Wildman–Crippen MR) is 122 cm³/mol. The first-order valence-electron chi connectivity index (χ1n) is 10.5. The maximum Gasteiger partial charge on any atom is 0.262 e. The summed E-state index contributed by atoms with van der Waals surface area (Å²) in [6, 6.07) is 11.4. The van der Waals surface area contributed by atoms with Crippen LogP contribution < -0.4 is 19.5 Å². The quantitative estimate of drug-likeness (QED) is 0.498. The van der Waals surface area contributed by atoms with E-state index in [1.807, 2.05) is 12.1 Å². The van der Waals surface area contributed by atoms with E-state index in [1.165, 1.54) is 26.4 Å². The zero-order valence-electron chi connectivity index (χ0n) is 18.6. The van der Waals surface area contributed by atoms with Gasteiger partial charge < -0.3 is 19.5 Å². The summed E-state index contributed by atoms with van der Waals surface area (Å²) in [5.74, 6) is 0.787. The smallest absolute Gasteiger partial charge is 0.262 e. The van der Waals surface area contributed by atoms with Gasteiger partial charge in [0.15, 0.2) is 11.5 Å². The summed E-state index contributed by atoms with van der Waals surface area (Å²) in [7, 11) is 0.749. The molecule has 0 bridgehead atoms. The largest absolute Gasteiger partial charge is 0.493 e. The summed E-state index contributed by atoms with van der Waals surface area (Å²) in [5.41, 5.74) is 0.758. The van der Waals surface area contributed by atoms with Crippen LogP contribution in [0.3, 0.4) is 0 Å². The number of hydrogen-bond acceptors (Lipinski definition) is 6. The molecule has 0 heterocycles. The minimum absolute atomic E-state index is 0.0125. The van der Waals surface area contributed by atoms with Crippen LogP contribution in [0.25, 0.3) is 0 Å². The number of carbonyl (C=O) groups excluding carboxylic acids is 1. The lowest BCUT2D eigenvalue weighted by atomic mass is 9.64. The first-order chi connectivity index (χ1) is 15.4. The Bertz CT molecular complexity index is 1030. The number of sulfonamides is 1. The zero-order valence-corrected chi connectivity index (χ0v) is 19.5. The average Bonchev–Trinajstić information content (AvgIpc) is 2.76. The third-order valence-corrected chi connectivity index (χ3v) is 7.19. The third-order valence-electron chi connectivity index (χ3n) is 5.81. The van der Waals surface area contributed by atoms with E-state index in [0.717, 1.165) is 31.2 Å². The number of nitrogens with one attached hydrogen (secondary N) is 2. The minimum Gasteiger partial charge on any atom is -0.493 e. The van der Waals surface area contributed by atoms with Crippen LogP contribution in [0.2, 0.25) is 0 Å². The molecular formula is C23H30N2O6S. The van der Waals surface area contributed by atoms with Gasteiger partial charge in [0.25, 0.3) is 10.0 Å². The molecule has 0 aliphatic heterocycles. The Morgan fingerprint density at radius 2 is 1.69 bits per heavy atom. The number of carbonyl (C=O) groups is 1. The summed E-state index contributed by atoms with van der Waals surface area (Å²) < 4.78 is 43.6. The Balaban J connectivity index is 1.73. The number of rotatable bonds is 11. The van der Waals surface area contributed by atoms with Gasteiger partial charge in [-0.3, -0.25) is 9.52 Å². The van der Waals surface area contributed by atoms with Crippen molar-refractivity contribution in [3.8, 4) is 11.5 Å². The van der Waals surface area contributed by atoms with E-state index in [9.17, 15) is 13.2 Å². The molecule has 8 nitrogen and oxygen atoms in total. The normalized spacial score (nSPS) is 14.8. The molecule has 1 saturated carbocycles. The van der Waals surface area contributed by atoms with Crippen LogP contribution in [0, 0.1) is 0 Å². The van der Waals surface area contributed by atoms with E-state index in [0.29, 0.717) is 30.3 Å². The second-order valence-corrected chi connectivity index (χ2v) is 9.42. The molecule has 1 fully saturated rings. The van der Waals surface area contributed by atoms with Gasteiger partial charge in [-0.2, -0.15) is 0 Å². The van der Waals surface area contributed by atoms with Crippen molar-refractivity contribution in [3.05, 3.63) is 48.0 Å². The maximum atomic E-state index is 12.8. The van der Waals surface area contributed by atoms with E-state index in [1.54, 1.807) is 25.3 Å². The van der Waals surface area contributed by atoms with Crippen LogP contribution in [-0.4, -0.2) is 48.8 Å². The van der Waals surface area contributed by atoms with Crippen LogP contribution in [0.1, 0.15) is 31.2 Å². The highest BCUT2D eigenvalue weighted by Crippen LogP contribution is 2.44. The maximum absolute atomic E-state index is 12.8.